The third-order valence-electron chi connectivity index (χ3n) is 4.61. The lowest BCUT2D eigenvalue weighted by Gasteiger charge is -2.21. The van der Waals surface area contributed by atoms with E-state index in [1.165, 1.54) is 12.8 Å². The summed E-state index contributed by atoms with van der Waals surface area (Å²) in [5, 5.41) is 6.75. The van der Waals surface area contributed by atoms with E-state index < -0.39 is 0 Å². The molecule has 0 spiro atoms. The van der Waals surface area contributed by atoms with E-state index in [-0.39, 0.29) is 29.9 Å². The Kier molecular flexibility index (Phi) is 9.59. The fraction of sp³-hybridized carbons (Fsp3) is 0.765. The molecule has 2 rings (SSSR count). The molecule has 1 saturated heterocycles. The van der Waals surface area contributed by atoms with Gasteiger partial charge in [0.05, 0.1) is 0 Å². The number of amides is 1. The van der Waals surface area contributed by atoms with Crippen molar-refractivity contribution in [1.29, 1.82) is 0 Å². The van der Waals surface area contributed by atoms with Gasteiger partial charge in [-0.1, -0.05) is 25.0 Å². The van der Waals surface area contributed by atoms with Crippen molar-refractivity contribution in [3.8, 4) is 0 Å². The van der Waals surface area contributed by atoms with Crippen LogP contribution in [0.15, 0.2) is 17.1 Å². The van der Waals surface area contributed by atoms with Crippen LogP contribution in [-0.4, -0.2) is 49.5 Å². The molecule has 0 aromatic heterocycles. The number of aliphatic imine (C=N–C) groups is 1. The number of carbonyl (C=O) groups excluding carboxylic acids is 1. The molecule has 2 N–H and O–H groups in total. The maximum atomic E-state index is 12.4. The molecule has 5 nitrogen and oxygen atoms in total. The lowest BCUT2D eigenvalue weighted by molar-refractivity contribution is -0.134. The summed E-state index contributed by atoms with van der Waals surface area (Å²) in [4.78, 5) is 18.7. The zero-order valence-electron chi connectivity index (χ0n) is 14.4. The molecule has 1 amide bonds. The summed E-state index contributed by atoms with van der Waals surface area (Å²) in [5.41, 5.74) is 0. The molecule has 1 saturated carbocycles. The van der Waals surface area contributed by atoms with Crippen LogP contribution in [0.2, 0.25) is 0 Å². The molecular formula is C17H31IN4O. The van der Waals surface area contributed by atoms with Crippen molar-refractivity contribution < 1.29 is 4.79 Å². The van der Waals surface area contributed by atoms with Crippen LogP contribution >= 0.6 is 24.0 Å². The average Bonchev–Trinajstić information content (AvgIpc) is 3.21. The van der Waals surface area contributed by atoms with Crippen LogP contribution in [0.1, 0.15) is 45.4 Å². The second-order valence-electron chi connectivity index (χ2n) is 6.25. The maximum Gasteiger partial charge on any atom is 0.225 e. The third-order valence-corrected chi connectivity index (χ3v) is 4.61. The van der Waals surface area contributed by atoms with E-state index in [4.69, 9.17) is 0 Å². The Morgan fingerprint density at radius 2 is 2.04 bits per heavy atom. The highest BCUT2D eigenvalue weighted by molar-refractivity contribution is 14.0. The van der Waals surface area contributed by atoms with Crippen molar-refractivity contribution in [2.45, 2.75) is 51.5 Å². The number of hydrogen-bond donors (Lipinski definition) is 2. The van der Waals surface area contributed by atoms with Gasteiger partial charge in [-0.2, -0.15) is 0 Å². The fourth-order valence-electron chi connectivity index (χ4n) is 3.34. The minimum atomic E-state index is 0. The monoisotopic (exact) mass is 434 g/mol. The Bertz CT molecular complexity index is 419. The molecule has 2 aliphatic rings. The lowest BCUT2D eigenvalue weighted by Crippen LogP contribution is -2.45. The predicted octanol–water partition coefficient (Wildman–Crippen LogP) is 2.53. The van der Waals surface area contributed by atoms with Crippen LogP contribution in [-0.2, 0) is 4.79 Å². The summed E-state index contributed by atoms with van der Waals surface area (Å²) < 4.78 is 0. The van der Waals surface area contributed by atoms with Gasteiger partial charge in [-0.25, -0.2) is 0 Å². The SMILES string of the molecule is C/C=C/CCNC(=NC)NC1CCN(C(=O)C2CCCC2)C1.I. The number of rotatable bonds is 5. The average molecular weight is 434 g/mol. The fourth-order valence-corrected chi connectivity index (χ4v) is 3.34. The number of nitrogens with zero attached hydrogens (tertiary/aromatic N) is 2. The van der Waals surface area contributed by atoms with Crippen molar-refractivity contribution in [2.75, 3.05) is 26.7 Å². The quantitative estimate of drug-likeness (QED) is 0.230. The molecule has 1 aliphatic heterocycles. The third kappa shape index (κ3) is 6.31. The molecule has 132 valence electrons. The Labute approximate surface area is 157 Å². The Balaban J connectivity index is 0.00000264. The van der Waals surface area contributed by atoms with E-state index in [2.05, 4.69) is 27.8 Å². The first kappa shape index (κ1) is 20.3. The zero-order valence-corrected chi connectivity index (χ0v) is 16.7. The topological polar surface area (TPSA) is 56.7 Å². The van der Waals surface area contributed by atoms with Crippen LogP contribution in [0, 0.1) is 5.92 Å². The van der Waals surface area contributed by atoms with E-state index >= 15 is 0 Å². The summed E-state index contributed by atoms with van der Waals surface area (Å²) >= 11 is 0. The number of allylic oxidation sites excluding steroid dienone is 1. The molecule has 1 atom stereocenters. The van der Waals surface area contributed by atoms with Crippen molar-refractivity contribution >= 4 is 35.8 Å². The molecule has 6 heteroatoms. The molecule has 0 bridgehead atoms. The van der Waals surface area contributed by atoms with Gasteiger partial charge in [-0.05, 0) is 32.6 Å². The highest BCUT2D eigenvalue weighted by Crippen LogP contribution is 2.27. The Hall–Kier alpha value is -0.790. The number of guanidine groups is 1. The first-order valence-corrected chi connectivity index (χ1v) is 8.61. The molecule has 0 aromatic rings. The van der Waals surface area contributed by atoms with E-state index in [1.54, 1.807) is 7.05 Å². The van der Waals surface area contributed by atoms with Crippen molar-refractivity contribution in [1.82, 2.24) is 15.5 Å². The minimum absolute atomic E-state index is 0. The Morgan fingerprint density at radius 3 is 2.70 bits per heavy atom. The van der Waals surface area contributed by atoms with Crippen molar-refractivity contribution in [3.05, 3.63) is 12.2 Å². The van der Waals surface area contributed by atoms with Crippen molar-refractivity contribution in [3.63, 3.8) is 0 Å². The lowest BCUT2D eigenvalue weighted by atomic mass is 10.1. The van der Waals surface area contributed by atoms with E-state index in [0.29, 0.717) is 11.9 Å². The summed E-state index contributed by atoms with van der Waals surface area (Å²) in [6.07, 6.45) is 10.8. The van der Waals surface area contributed by atoms with E-state index in [0.717, 1.165) is 51.3 Å². The van der Waals surface area contributed by atoms with Gasteiger partial charge in [0.15, 0.2) is 5.96 Å². The van der Waals surface area contributed by atoms with Gasteiger partial charge < -0.3 is 15.5 Å². The van der Waals surface area contributed by atoms with Gasteiger partial charge in [-0.3, -0.25) is 9.79 Å². The van der Waals surface area contributed by atoms with E-state index in [9.17, 15) is 4.79 Å². The number of halogens is 1. The van der Waals surface area contributed by atoms with Gasteiger partial charge in [0.25, 0.3) is 0 Å². The number of nitrogens with one attached hydrogen (secondary N) is 2. The molecule has 1 aliphatic carbocycles. The largest absolute Gasteiger partial charge is 0.356 e. The van der Waals surface area contributed by atoms with Gasteiger partial charge in [0.1, 0.15) is 0 Å². The molecule has 2 fully saturated rings. The smallest absolute Gasteiger partial charge is 0.225 e. The summed E-state index contributed by atoms with van der Waals surface area (Å²) in [7, 11) is 1.79. The highest BCUT2D eigenvalue weighted by Gasteiger charge is 2.32. The molecule has 1 heterocycles. The Morgan fingerprint density at radius 1 is 1.30 bits per heavy atom. The predicted molar refractivity (Wildman–Crippen MR) is 106 cm³/mol. The molecule has 0 aromatic carbocycles. The van der Waals surface area contributed by atoms with Crippen LogP contribution < -0.4 is 10.6 Å². The van der Waals surface area contributed by atoms with Gasteiger partial charge in [0.2, 0.25) is 5.91 Å². The van der Waals surface area contributed by atoms with Crippen LogP contribution in [0.5, 0.6) is 0 Å². The van der Waals surface area contributed by atoms with Gasteiger partial charge in [0, 0.05) is 38.6 Å². The summed E-state index contributed by atoms with van der Waals surface area (Å²) in [6, 6.07) is 0.318. The summed E-state index contributed by atoms with van der Waals surface area (Å²) in [5.74, 6) is 1.50. The second kappa shape index (κ2) is 10.9. The molecular weight excluding hydrogens is 403 g/mol. The highest BCUT2D eigenvalue weighted by atomic mass is 127. The second-order valence-corrected chi connectivity index (χ2v) is 6.25. The van der Waals surface area contributed by atoms with E-state index in [1.807, 2.05) is 11.8 Å². The van der Waals surface area contributed by atoms with Crippen LogP contribution in [0.3, 0.4) is 0 Å². The molecule has 1 unspecified atom stereocenters. The van der Waals surface area contributed by atoms with Crippen molar-refractivity contribution in [2.24, 2.45) is 10.9 Å². The molecule has 0 radical (unpaired) electrons. The zero-order chi connectivity index (χ0) is 15.8. The normalized spacial score (nSPS) is 22.4. The van der Waals surface area contributed by atoms with Crippen LogP contribution in [0.4, 0.5) is 0 Å². The van der Waals surface area contributed by atoms with Crippen LogP contribution in [0.25, 0.3) is 0 Å². The minimum Gasteiger partial charge on any atom is -0.356 e. The number of carbonyl (C=O) groups is 1. The first-order valence-electron chi connectivity index (χ1n) is 8.61. The number of likely N-dealkylation sites (tertiary alicyclic amines) is 1. The number of hydrogen-bond acceptors (Lipinski definition) is 2. The first-order chi connectivity index (χ1) is 10.7. The molecule has 23 heavy (non-hydrogen) atoms. The maximum absolute atomic E-state index is 12.4. The van der Waals surface area contributed by atoms with Gasteiger partial charge in [-0.15, -0.1) is 24.0 Å². The van der Waals surface area contributed by atoms with Gasteiger partial charge >= 0.3 is 0 Å². The summed E-state index contributed by atoms with van der Waals surface area (Å²) in [6.45, 7) is 4.59. The standard InChI is InChI=1S/C17H30N4O.HI/c1-3-4-7-11-19-17(18-2)20-15-10-12-21(13-15)16(22)14-8-5-6-9-14;/h3-4,14-15H,5-13H2,1-2H3,(H2,18,19,20);1H/b4-3+;.